The van der Waals surface area contributed by atoms with Crippen LogP contribution in [0.25, 0.3) is 0 Å². The van der Waals surface area contributed by atoms with Gasteiger partial charge in [-0.1, -0.05) is 55.8 Å². The van der Waals surface area contributed by atoms with Gasteiger partial charge >= 0.3 is 0 Å². The van der Waals surface area contributed by atoms with Crippen molar-refractivity contribution >= 4 is 5.91 Å². The first-order valence-electron chi connectivity index (χ1n) is 8.75. The summed E-state index contributed by atoms with van der Waals surface area (Å²) in [4.78, 5) is 12.7. The molecular formula is C21H27NO3. The van der Waals surface area contributed by atoms with Gasteiger partial charge in [-0.25, -0.2) is 0 Å². The third kappa shape index (κ3) is 4.99. The van der Waals surface area contributed by atoms with Crippen molar-refractivity contribution in [1.29, 1.82) is 0 Å². The van der Waals surface area contributed by atoms with E-state index in [0.717, 1.165) is 12.0 Å². The monoisotopic (exact) mass is 341 g/mol. The van der Waals surface area contributed by atoms with Gasteiger partial charge in [0.2, 0.25) is 0 Å². The standard InChI is InChI=1S/C21H27NO3/c1-5-17(16-13-11-15(3)12-14-16)22-21(23)18(6-2)25-20-10-8-7-9-19(20)24-4/h7-14,17-18H,5-6H2,1-4H3,(H,22,23)/t17-,18+/m0/s1. The normalized spacial score (nSPS) is 13.0. The van der Waals surface area contributed by atoms with Crippen LogP contribution < -0.4 is 14.8 Å². The van der Waals surface area contributed by atoms with Crippen molar-refractivity contribution in [2.24, 2.45) is 0 Å². The lowest BCUT2D eigenvalue weighted by Gasteiger charge is -2.23. The number of carbonyl (C=O) groups is 1. The Morgan fingerprint density at radius 1 is 1.00 bits per heavy atom. The Balaban J connectivity index is 2.09. The molecule has 0 saturated heterocycles. The number of hydrogen-bond acceptors (Lipinski definition) is 3. The Bertz CT molecular complexity index is 682. The number of ether oxygens (including phenoxy) is 2. The number of methoxy groups -OCH3 is 1. The SMILES string of the molecule is CC[C@H](NC(=O)[C@@H](CC)Oc1ccccc1OC)c1ccc(C)cc1. The molecule has 0 heterocycles. The molecule has 0 spiro atoms. The number of para-hydroxylation sites is 2. The van der Waals surface area contributed by atoms with E-state index >= 15 is 0 Å². The van der Waals surface area contributed by atoms with E-state index in [1.54, 1.807) is 7.11 Å². The Morgan fingerprint density at radius 3 is 2.20 bits per heavy atom. The lowest BCUT2D eigenvalue weighted by molar-refractivity contribution is -0.129. The van der Waals surface area contributed by atoms with Crippen LogP contribution in [0.3, 0.4) is 0 Å². The summed E-state index contributed by atoms with van der Waals surface area (Å²) in [5, 5.41) is 3.11. The molecule has 2 atom stereocenters. The maximum atomic E-state index is 12.7. The number of carbonyl (C=O) groups excluding carboxylic acids is 1. The average molecular weight is 341 g/mol. The lowest BCUT2D eigenvalue weighted by atomic mass is 10.0. The van der Waals surface area contributed by atoms with Crippen LogP contribution in [0.1, 0.15) is 43.9 Å². The van der Waals surface area contributed by atoms with E-state index in [-0.39, 0.29) is 11.9 Å². The minimum absolute atomic E-state index is 0.0246. The molecule has 0 bridgehead atoms. The zero-order valence-corrected chi connectivity index (χ0v) is 15.4. The largest absolute Gasteiger partial charge is 0.493 e. The molecule has 0 radical (unpaired) electrons. The van der Waals surface area contributed by atoms with Gasteiger partial charge in [0.05, 0.1) is 13.2 Å². The first-order valence-corrected chi connectivity index (χ1v) is 8.75. The van der Waals surface area contributed by atoms with Gasteiger partial charge in [-0.2, -0.15) is 0 Å². The Hall–Kier alpha value is -2.49. The molecule has 0 aliphatic heterocycles. The van der Waals surface area contributed by atoms with Gasteiger partial charge in [-0.3, -0.25) is 4.79 Å². The van der Waals surface area contributed by atoms with Crippen molar-refractivity contribution in [3.63, 3.8) is 0 Å². The van der Waals surface area contributed by atoms with Gasteiger partial charge in [0.1, 0.15) is 0 Å². The summed E-state index contributed by atoms with van der Waals surface area (Å²) in [6.07, 6.45) is 0.837. The Labute approximate surface area is 150 Å². The van der Waals surface area contributed by atoms with Gasteiger partial charge in [0, 0.05) is 0 Å². The summed E-state index contributed by atoms with van der Waals surface area (Å²) < 4.78 is 11.2. The highest BCUT2D eigenvalue weighted by Crippen LogP contribution is 2.27. The van der Waals surface area contributed by atoms with Crippen molar-refractivity contribution in [2.75, 3.05) is 7.11 Å². The maximum absolute atomic E-state index is 12.7. The van der Waals surface area contributed by atoms with E-state index < -0.39 is 6.10 Å². The number of hydrogen-bond donors (Lipinski definition) is 1. The molecule has 0 aromatic heterocycles. The summed E-state index contributed by atoms with van der Waals surface area (Å²) >= 11 is 0. The van der Waals surface area contributed by atoms with Crippen LogP contribution in [-0.4, -0.2) is 19.1 Å². The molecule has 134 valence electrons. The molecule has 4 heteroatoms. The van der Waals surface area contributed by atoms with Crippen molar-refractivity contribution in [3.05, 3.63) is 59.7 Å². The van der Waals surface area contributed by atoms with Crippen molar-refractivity contribution in [2.45, 2.75) is 45.8 Å². The summed E-state index contributed by atoms with van der Waals surface area (Å²) in [6, 6.07) is 15.6. The second-order valence-electron chi connectivity index (χ2n) is 6.05. The molecule has 0 aliphatic rings. The summed E-state index contributed by atoms with van der Waals surface area (Å²) in [5.41, 5.74) is 2.31. The van der Waals surface area contributed by atoms with Gasteiger partial charge in [-0.15, -0.1) is 0 Å². The van der Waals surface area contributed by atoms with Crippen LogP contribution in [0.2, 0.25) is 0 Å². The minimum Gasteiger partial charge on any atom is -0.493 e. The van der Waals surface area contributed by atoms with Gasteiger partial charge in [-0.05, 0) is 37.5 Å². The molecule has 2 aromatic carbocycles. The van der Waals surface area contributed by atoms with Crippen LogP contribution in [0.4, 0.5) is 0 Å². The molecule has 0 saturated carbocycles. The van der Waals surface area contributed by atoms with Gasteiger partial charge in [0.25, 0.3) is 5.91 Å². The van der Waals surface area contributed by atoms with E-state index in [2.05, 4.69) is 43.4 Å². The fraction of sp³-hybridized carbons (Fsp3) is 0.381. The number of benzene rings is 2. The van der Waals surface area contributed by atoms with Crippen molar-refractivity contribution < 1.29 is 14.3 Å². The van der Waals surface area contributed by atoms with E-state index in [1.807, 2.05) is 31.2 Å². The average Bonchev–Trinajstić information content (AvgIpc) is 2.65. The first-order chi connectivity index (χ1) is 12.1. The van der Waals surface area contributed by atoms with E-state index in [4.69, 9.17) is 9.47 Å². The van der Waals surface area contributed by atoms with Crippen LogP contribution in [0.5, 0.6) is 11.5 Å². The molecule has 4 nitrogen and oxygen atoms in total. The van der Waals surface area contributed by atoms with E-state index in [9.17, 15) is 4.79 Å². The van der Waals surface area contributed by atoms with Crippen LogP contribution in [0.15, 0.2) is 48.5 Å². The topological polar surface area (TPSA) is 47.6 Å². The van der Waals surface area contributed by atoms with E-state index in [1.165, 1.54) is 5.56 Å². The molecule has 25 heavy (non-hydrogen) atoms. The highest BCUT2D eigenvalue weighted by atomic mass is 16.5. The molecular weight excluding hydrogens is 314 g/mol. The molecule has 0 aliphatic carbocycles. The highest BCUT2D eigenvalue weighted by Gasteiger charge is 2.23. The predicted octanol–water partition coefficient (Wildman–Crippen LogP) is 4.43. The zero-order chi connectivity index (χ0) is 18.2. The smallest absolute Gasteiger partial charge is 0.261 e. The van der Waals surface area contributed by atoms with Crippen LogP contribution >= 0.6 is 0 Å². The predicted molar refractivity (Wildman–Crippen MR) is 100 cm³/mol. The number of aryl methyl sites for hydroxylation is 1. The second kappa shape index (κ2) is 9.11. The summed E-state index contributed by atoms with van der Waals surface area (Å²) in [5.74, 6) is 1.09. The molecule has 0 fully saturated rings. The second-order valence-corrected chi connectivity index (χ2v) is 6.05. The number of rotatable bonds is 8. The summed E-state index contributed by atoms with van der Waals surface area (Å²) in [6.45, 7) is 6.05. The lowest BCUT2D eigenvalue weighted by Crippen LogP contribution is -2.40. The molecule has 2 aromatic rings. The minimum atomic E-state index is -0.559. The van der Waals surface area contributed by atoms with E-state index in [0.29, 0.717) is 17.9 Å². The molecule has 0 unspecified atom stereocenters. The summed E-state index contributed by atoms with van der Waals surface area (Å²) in [7, 11) is 1.59. The van der Waals surface area contributed by atoms with Crippen molar-refractivity contribution in [3.8, 4) is 11.5 Å². The maximum Gasteiger partial charge on any atom is 0.261 e. The Morgan fingerprint density at radius 2 is 1.64 bits per heavy atom. The quantitative estimate of drug-likeness (QED) is 0.773. The Kier molecular flexibility index (Phi) is 6.87. The fourth-order valence-corrected chi connectivity index (χ4v) is 2.68. The number of amides is 1. The first kappa shape index (κ1) is 18.8. The van der Waals surface area contributed by atoms with Crippen LogP contribution in [0, 0.1) is 6.92 Å². The number of nitrogens with one attached hydrogen (secondary N) is 1. The van der Waals surface area contributed by atoms with Crippen LogP contribution in [-0.2, 0) is 4.79 Å². The highest BCUT2D eigenvalue weighted by molar-refractivity contribution is 5.81. The molecule has 1 N–H and O–H groups in total. The van der Waals surface area contributed by atoms with Gasteiger partial charge < -0.3 is 14.8 Å². The fourth-order valence-electron chi connectivity index (χ4n) is 2.68. The third-order valence-electron chi connectivity index (χ3n) is 4.21. The molecule has 2 rings (SSSR count). The van der Waals surface area contributed by atoms with Gasteiger partial charge in [0.15, 0.2) is 17.6 Å². The van der Waals surface area contributed by atoms with Crippen molar-refractivity contribution in [1.82, 2.24) is 5.32 Å². The molecule has 1 amide bonds. The third-order valence-corrected chi connectivity index (χ3v) is 4.21. The zero-order valence-electron chi connectivity index (χ0n) is 15.4.